The number of non-ortho nitro benzene ring substituents is 1. The molecule has 0 aliphatic heterocycles. The summed E-state index contributed by atoms with van der Waals surface area (Å²) >= 11 is 5.47. The number of nitrogens with zero attached hydrogens (tertiary/aromatic N) is 1. The van der Waals surface area contributed by atoms with E-state index in [9.17, 15) is 10.1 Å². The van der Waals surface area contributed by atoms with Gasteiger partial charge in [-0.25, -0.2) is 0 Å². The number of alkyl halides is 1. The molecule has 1 rings (SSSR count). The van der Waals surface area contributed by atoms with Gasteiger partial charge in [0.15, 0.2) is 0 Å². The second-order valence-electron chi connectivity index (χ2n) is 2.92. The van der Waals surface area contributed by atoms with Gasteiger partial charge in [-0.05, 0) is 18.1 Å². The first-order valence-electron chi connectivity index (χ1n) is 4.12. The number of halogens is 1. The molecule has 74 valence electrons. The van der Waals surface area contributed by atoms with Gasteiger partial charge in [-0.2, -0.15) is 0 Å². The van der Waals surface area contributed by atoms with Crippen molar-refractivity contribution >= 4 is 23.4 Å². The molecule has 0 N–H and O–H groups in total. The summed E-state index contributed by atoms with van der Waals surface area (Å²) in [5.41, 5.74) is 1.78. The third-order valence-electron chi connectivity index (χ3n) is 1.69. The van der Waals surface area contributed by atoms with E-state index in [1.165, 1.54) is 12.1 Å². The van der Waals surface area contributed by atoms with E-state index in [1.807, 2.05) is 13.0 Å². The van der Waals surface area contributed by atoms with Gasteiger partial charge in [-0.15, -0.1) is 11.6 Å². The van der Waals surface area contributed by atoms with Crippen LogP contribution in [0.25, 0.3) is 6.08 Å². The van der Waals surface area contributed by atoms with Crippen molar-refractivity contribution in [3.8, 4) is 0 Å². The first-order valence-corrected chi connectivity index (χ1v) is 4.65. The number of hydrogen-bond donors (Lipinski definition) is 0. The van der Waals surface area contributed by atoms with Gasteiger partial charge in [-0.1, -0.05) is 18.2 Å². The average Bonchev–Trinajstić information content (AvgIpc) is 2.14. The molecule has 0 spiro atoms. The third-order valence-corrected chi connectivity index (χ3v) is 1.87. The standard InChI is InChI=1S/C10H10ClNO2/c1-8-5-9(3-2-4-11)7-10(6-8)12(13)14/h2-3,5-7H,4H2,1H3. The lowest BCUT2D eigenvalue weighted by molar-refractivity contribution is -0.384. The van der Waals surface area contributed by atoms with Gasteiger partial charge in [0.1, 0.15) is 0 Å². The van der Waals surface area contributed by atoms with Gasteiger partial charge in [0.05, 0.1) is 4.92 Å². The number of allylic oxidation sites excluding steroid dienone is 1. The van der Waals surface area contributed by atoms with Crippen LogP contribution in [0.4, 0.5) is 5.69 Å². The highest BCUT2D eigenvalue weighted by atomic mass is 35.5. The van der Waals surface area contributed by atoms with E-state index >= 15 is 0 Å². The number of hydrogen-bond acceptors (Lipinski definition) is 2. The van der Waals surface area contributed by atoms with Gasteiger partial charge in [0.2, 0.25) is 0 Å². The van der Waals surface area contributed by atoms with E-state index < -0.39 is 4.92 Å². The molecule has 0 fully saturated rings. The van der Waals surface area contributed by atoms with Crippen molar-refractivity contribution in [1.82, 2.24) is 0 Å². The summed E-state index contributed by atoms with van der Waals surface area (Å²) in [5, 5.41) is 10.5. The van der Waals surface area contributed by atoms with E-state index in [4.69, 9.17) is 11.6 Å². The lowest BCUT2D eigenvalue weighted by Crippen LogP contribution is -1.89. The molecule has 0 unspecified atom stereocenters. The molecule has 0 bridgehead atoms. The highest BCUT2D eigenvalue weighted by molar-refractivity contribution is 6.19. The van der Waals surface area contributed by atoms with Crippen LogP contribution in [0.3, 0.4) is 0 Å². The fourth-order valence-electron chi connectivity index (χ4n) is 1.17. The van der Waals surface area contributed by atoms with Gasteiger partial charge in [0, 0.05) is 18.0 Å². The first kappa shape index (κ1) is 10.7. The van der Waals surface area contributed by atoms with Gasteiger partial charge in [0.25, 0.3) is 5.69 Å². The first-order chi connectivity index (χ1) is 6.63. The Balaban J connectivity index is 3.07. The fourth-order valence-corrected chi connectivity index (χ4v) is 1.26. The van der Waals surface area contributed by atoms with Crippen LogP contribution in [0.5, 0.6) is 0 Å². The summed E-state index contributed by atoms with van der Waals surface area (Å²) in [6, 6.07) is 4.93. The monoisotopic (exact) mass is 211 g/mol. The second kappa shape index (κ2) is 4.77. The van der Waals surface area contributed by atoms with E-state index in [0.29, 0.717) is 5.88 Å². The van der Waals surface area contributed by atoms with Crippen LogP contribution >= 0.6 is 11.6 Å². The average molecular weight is 212 g/mol. The lowest BCUT2D eigenvalue weighted by atomic mass is 10.1. The van der Waals surface area contributed by atoms with Crippen LogP contribution in [0.1, 0.15) is 11.1 Å². The summed E-state index contributed by atoms with van der Waals surface area (Å²) in [6.45, 7) is 1.82. The van der Waals surface area contributed by atoms with Crippen LogP contribution in [-0.2, 0) is 0 Å². The molecule has 0 saturated carbocycles. The molecule has 1 aromatic rings. The molecule has 0 atom stereocenters. The highest BCUT2D eigenvalue weighted by Gasteiger charge is 2.05. The molecule has 0 aliphatic rings. The highest BCUT2D eigenvalue weighted by Crippen LogP contribution is 2.17. The van der Waals surface area contributed by atoms with Gasteiger partial charge in [-0.3, -0.25) is 10.1 Å². The molecule has 4 heteroatoms. The summed E-state index contributed by atoms with van der Waals surface area (Å²) in [7, 11) is 0. The Bertz CT molecular complexity index is 374. The second-order valence-corrected chi connectivity index (χ2v) is 3.22. The molecule has 0 aromatic heterocycles. The van der Waals surface area contributed by atoms with Crippen molar-refractivity contribution in [1.29, 1.82) is 0 Å². The van der Waals surface area contributed by atoms with Crippen molar-refractivity contribution in [2.24, 2.45) is 0 Å². The van der Waals surface area contributed by atoms with Crippen LogP contribution in [0.2, 0.25) is 0 Å². The summed E-state index contributed by atoms with van der Waals surface area (Å²) in [6.07, 6.45) is 3.52. The largest absolute Gasteiger partial charge is 0.270 e. The molecule has 0 aliphatic carbocycles. The van der Waals surface area contributed by atoms with E-state index in [2.05, 4.69) is 0 Å². The normalized spacial score (nSPS) is 10.7. The van der Waals surface area contributed by atoms with E-state index in [0.717, 1.165) is 11.1 Å². The van der Waals surface area contributed by atoms with Crippen molar-refractivity contribution in [2.75, 3.05) is 5.88 Å². The summed E-state index contributed by atoms with van der Waals surface area (Å²) in [4.78, 5) is 10.1. The maximum Gasteiger partial charge on any atom is 0.270 e. The molecule has 0 heterocycles. The zero-order chi connectivity index (χ0) is 10.6. The van der Waals surface area contributed by atoms with Crippen molar-refractivity contribution in [3.63, 3.8) is 0 Å². The van der Waals surface area contributed by atoms with Gasteiger partial charge >= 0.3 is 0 Å². The summed E-state index contributed by atoms with van der Waals surface area (Å²) < 4.78 is 0. The molecule has 0 amide bonds. The van der Waals surface area contributed by atoms with E-state index in [1.54, 1.807) is 12.2 Å². The molecular formula is C10H10ClNO2. The minimum Gasteiger partial charge on any atom is -0.258 e. The predicted octanol–water partition coefficient (Wildman–Crippen LogP) is 3.16. The minimum absolute atomic E-state index is 0.110. The topological polar surface area (TPSA) is 43.1 Å². The Morgan fingerprint density at radius 2 is 2.21 bits per heavy atom. The maximum atomic E-state index is 10.5. The van der Waals surface area contributed by atoms with E-state index in [-0.39, 0.29) is 5.69 Å². The Morgan fingerprint density at radius 3 is 2.79 bits per heavy atom. The Hall–Kier alpha value is -1.35. The minimum atomic E-state index is -0.398. The molecule has 0 saturated heterocycles. The van der Waals surface area contributed by atoms with Crippen LogP contribution in [-0.4, -0.2) is 10.8 Å². The Kier molecular flexibility index (Phi) is 3.65. The number of rotatable bonds is 3. The Labute approximate surface area is 87.2 Å². The van der Waals surface area contributed by atoms with Crippen molar-refractivity contribution in [2.45, 2.75) is 6.92 Å². The maximum absolute atomic E-state index is 10.5. The lowest BCUT2D eigenvalue weighted by Gasteiger charge is -1.97. The fraction of sp³-hybridized carbons (Fsp3) is 0.200. The number of aryl methyl sites for hydroxylation is 1. The zero-order valence-corrected chi connectivity index (χ0v) is 8.49. The Morgan fingerprint density at radius 1 is 1.50 bits per heavy atom. The van der Waals surface area contributed by atoms with Crippen molar-refractivity contribution < 1.29 is 4.92 Å². The van der Waals surface area contributed by atoms with Crippen LogP contribution < -0.4 is 0 Å². The number of benzene rings is 1. The number of nitro benzene ring substituents is 1. The quantitative estimate of drug-likeness (QED) is 0.438. The predicted molar refractivity (Wildman–Crippen MR) is 57.6 cm³/mol. The smallest absolute Gasteiger partial charge is 0.258 e. The van der Waals surface area contributed by atoms with Crippen LogP contribution in [0, 0.1) is 17.0 Å². The van der Waals surface area contributed by atoms with Gasteiger partial charge < -0.3 is 0 Å². The van der Waals surface area contributed by atoms with Crippen molar-refractivity contribution in [3.05, 3.63) is 45.5 Å². The molecule has 3 nitrogen and oxygen atoms in total. The SMILES string of the molecule is Cc1cc(C=CCCl)cc([N+](=O)[O-])c1. The third kappa shape index (κ3) is 2.85. The van der Waals surface area contributed by atoms with Crippen LogP contribution in [0.15, 0.2) is 24.3 Å². The zero-order valence-electron chi connectivity index (χ0n) is 7.74. The molecule has 0 radical (unpaired) electrons. The molecular weight excluding hydrogens is 202 g/mol. The molecule has 1 aromatic carbocycles. The summed E-state index contributed by atoms with van der Waals surface area (Å²) in [5.74, 6) is 0.405. The molecule has 14 heavy (non-hydrogen) atoms. The number of nitro groups is 1.